The summed E-state index contributed by atoms with van der Waals surface area (Å²) in [4.78, 5) is 39.2. The van der Waals surface area contributed by atoms with Crippen molar-refractivity contribution in [3.05, 3.63) is 50.7 Å². The number of carbonyl (C=O) groups excluding carboxylic acids is 3. The number of esters is 2. The lowest BCUT2D eigenvalue weighted by atomic mass is 10.2. The Kier molecular flexibility index (Phi) is 6.84. The monoisotopic (exact) mass is 431 g/mol. The largest absolute Gasteiger partial charge is 0.465 e. The number of ether oxygens (including phenoxy) is 2. The molecule has 0 aliphatic heterocycles. The first-order valence-corrected chi connectivity index (χ1v) is 8.33. The fourth-order valence-corrected chi connectivity index (χ4v) is 2.49. The number of aromatic nitrogens is 1. The molecular formula is C16H12Cl3N3O5. The Morgan fingerprint density at radius 2 is 1.85 bits per heavy atom. The van der Waals surface area contributed by atoms with Crippen LogP contribution in [0.15, 0.2) is 24.3 Å². The molecule has 0 saturated carbocycles. The van der Waals surface area contributed by atoms with Crippen LogP contribution >= 0.6 is 34.8 Å². The number of nitrogens with zero attached hydrogens (tertiary/aromatic N) is 1. The van der Waals surface area contributed by atoms with E-state index in [0.29, 0.717) is 5.69 Å². The van der Waals surface area contributed by atoms with E-state index in [1.165, 1.54) is 19.2 Å². The van der Waals surface area contributed by atoms with Crippen LogP contribution in [0.5, 0.6) is 0 Å². The third kappa shape index (κ3) is 5.00. The van der Waals surface area contributed by atoms with Gasteiger partial charge >= 0.3 is 11.9 Å². The molecule has 142 valence electrons. The molecule has 1 aromatic carbocycles. The Morgan fingerprint density at radius 3 is 2.52 bits per heavy atom. The summed E-state index contributed by atoms with van der Waals surface area (Å²) in [5.74, 6) is -2.23. The third-order valence-electron chi connectivity index (χ3n) is 3.17. The normalized spacial score (nSPS) is 10.2. The van der Waals surface area contributed by atoms with Gasteiger partial charge in [0.15, 0.2) is 17.5 Å². The fraction of sp³-hybridized carbons (Fsp3) is 0.125. The van der Waals surface area contributed by atoms with Crippen molar-refractivity contribution in [2.75, 3.05) is 24.8 Å². The molecule has 0 spiro atoms. The minimum Gasteiger partial charge on any atom is -0.465 e. The van der Waals surface area contributed by atoms with Gasteiger partial charge in [0, 0.05) is 5.69 Å². The first-order valence-electron chi connectivity index (χ1n) is 7.20. The molecule has 1 heterocycles. The van der Waals surface area contributed by atoms with Gasteiger partial charge in [0.05, 0.1) is 23.4 Å². The molecule has 2 aromatic rings. The summed E-state index contributed by atoms with van der Waals surface area (Å²) in [6, 6.07) is 6.02. The minimum atomic E-state index is -1.01. The predicted molar refractivity (Wildman–Crippen MR) is 100 cm³/mol. The number of hydrogen-bond donors (Lipinski definition) is 2. The lowest BCUT2D eigenvalue weighted by Gasteiger charge is -2.10. The number of nitrogen functional groups attached to an aromatic ring is 1. The van der Waals surface area contributed by atoms with Crippen LogP contribution in [-0.4, -0.2) is 36.5 Å². The average molecular weight is 433 g/mol. The van der Waals surface area contributed by atoms with Gasteiger partial charge in [-0.2, -0.15) is 0 Å². The number of amides is 1. The predicted octanol–water partition coefficient (Wildman–Crippen LogP) is 3.21. The molecule has 0 saturated heterocycles. The highest BCUT2D eigenvalue weighted by Gasteiger charge is 2.21. The van der Waals surface area contributed by atoms with Crippen molar-refractivity contribution in [1.29, 1.82) is 0 Å². The highest BCUT2D eigenvalue weighted by molar-refractivity contribution is 6.46. The van der Waals surface area contributed by atoms with Gasteiger partial charge in [0.1, 0.15) is 5.02 Å². The maximum Gasteiger partial charge on any atom is 0.359 e. The van der Waals surface area contributed by atoms with Crippen LogP contribution in [0.25, 0.3) is 0 Å². The van der Waals surface area contributed by atoms with Crippen molar-refractivity contribution in [3.8, 4) is 0 Å². The smallest absolute Gasteiger partial charge is 0.359 e. The zero-order valence-electron chi connectivity index (χ0n) is 13.7. The second-order valence-corrected chi connectivity index (χ2v) is 6.10. The van der Waals surface area contributed by atoms with Crippen molar-refractivity contribution < 1.29 is 23.9 Å². The number of nitrogens with one attached hydrogen (secondary N) is 1. The van der Waals surface area contributed by atoms with Crippen LogP contribution in [0.1, 0.15) is 20.8 Å². The van der Waals surface area contributed by atoms with Crippen LogP contribution in [0.3, 0.4) is 0 Å². The zero-order chi connectivity index (χ0) is 20.1. The topological polar surface area (TPSA) is 121 Å². The molecule has 0 unspecified atom stereocenters. The molecule has 1 aromatic heterocycles. The Balaban J connectivity index is 2.02. The number of anilines is 2. The molecule has 0 atom stereocenters. The maximum absolute atomic E-state index is 12.1. The number of pyridine rings is 1. The summed E-state index contributed by atoms with van der Waals surface area (Å²) in [5.41, 5.74) is 5.67. The standard InChI is InChI=1S/C16H12Cl3N3O5/c1-26-15(24)7-3-2-4-8(5-7)21-9(23)6-27-16(25)13-10(17)12(20)11(18)14(19)22-13/h2-5H,6H2,1H3,(H2,20,22)(H,21,23). The van der Waals surface area contributed by atoms with E-state index in [-0.39, 0.29) is 32.1 Å². The first-order chi connectivity index (χ1) is 12.7. The van der Waals surface area contributed by atoms with Gasteiger partial charge in [-0.25, -0.2) is 14.6 Å². The Hall–Kier alpha value is -2.55. The molecule has 0 fully saturated rings. The lowest BCUT2D eigenvalue weighted by Crippen LogP contribution is -2.22. The van der Waals surface area contributed by atoms with Gasteiger partial charge in [-0.3, -0.25) is 4.79 Å². The van der Waals surface area contributed by atoms with Gasteiger partial charge in [-0.15, -0.1) is 0 Å². The Bertz CT molecular complexity index is 920. The second-order valence-electron chi connectivity index (χ2n) is 4.99. The SMILES string of the molecule is COC(=O)c1cccc(NC(=O)COC(=O)c2nc(Cl)c(Cl)c(N)c2Cl)c1. The zero-order valence-corrected chi connectivity index (χ0v) is 16.0. The number of benzene rings is 1. The molecule has 27 heavy (non-hydrogen) atoms. The van der Waals surface area contributed by atoms with Crippen LogP contribution in [-0.2, 0) is 14.3 Å². The van der Waals surface area contributed by atoms with E-state index in [9.17, 15) is 14.4 Å². The lowest BCUT2D eigenvalue weighted by molar-refractivity contribution is -0.119. The Morgan fingerprint density at radius 1 is 1.15 bits per heavy atom. The summed E-state index contributed by atoms with van der Waals surface area (Å²) in [7, 11) is 1.24. The van der Waals surface area contributed by atoms with Gasteiger partial charge < -0.3 is 20.5 Å². The number of rotatable bonds is 5. The molecule has 0 bridgehead atoms. The number of nitrogens with two attached hydrogens (primary N) is 1. The van der Waals surface area contributed by atoms with Crippen LogP contribution < -0.4 is 11.1 Å². The fourth-order valence-electron chi connectivity index (χ4n) is 1.90. The number of hydrogen-bond acceptors (Lipinski definition) is 7. The first kappa shape index (κ1) is 20.8. The molecular weight excluding hydrogens is 421 g/mol. The maximum atomic E-state index is 12.1. The van der Waals surface area contributed by atoms with E-state index in [1.54, 1.807) is 12.1 Å². The Labute approximate surface area is 168 Å². The van der Waals surface area contributed by atoms with Gasteiger partial charge in [-0.1, -0.05) is 40.9 Å². The van der Waals surface area contributed by atoms with Crippen LogP contribution in [0, 0.1) is 0 Å². The second kappa shape index (κ2) is 8.90. The average Bonchev–Trinajstić information content (AvgIpc) is 2.66. The van der Waals surface area contributed by atoms with E-state index in [0.717, 1.165) is 0 Å². The van der Waals surface area contributed by atoms with Gasteiger partial charge in [0.25, 0.3) is 5.91 Å². The number of halogens is 3. The number of carbonyl (C=O) groups is 3. The van der Waals surface area contributed by atoms with Gasteiger partial charge in [-0.05, 0) is 18.2 Å². The van der Waals surface area contributed by atoms with Crippen molar-refractivity contribution in [1.82, 2.24) is 4.98 Å². The quantitative estimate of drug-likeness (QED) is 0.549. The molecule has 2 rings (SSSR count). The van der Waals surface area contributed by atoms with Crippen molar-refractivity contribution in [2.45, 2.75) is 0 Å². The van der Waals surface area contributed by atoms with Crippen molar-refractivity contribution in [3.63, 3.8) is 0 Å². The third-order valence-corrected chi connectivity index (χ3v) is 4.30. The van der Waals surface area contributed by atoms with Crippen molar-refractivity contribution >= 4 is 64.0 Å². The van der Waals surface area contributed by atoms with E-state index >= 15 is 0 Å². The highest BCUT2D eigenvalue weighted by Crippen LogP contribution is 2.34. The molecule has 0 aliphatic rings. The van der Waals surface area contributed by atoms with E-state index < -0.39 is 24.5 Å². The minimum absolute atomic E-state index is 0.0959. The summed E-state index contributed by atoms with van der Waals surface area (Å²) in [6.45, 7) is -0.639. The molecule has 0 aliphatic carbocycles. The van der Waals surface area contributed by atoms with E-state index in [2.05, 4.69) is 15.0 Å². The summed E-state index contributed by atoms with van der Waals surface area (Å²) in [6.07, 6.45) is 0. The molecule has 8 nitrogen and oxygen atoms in total. The molecule has 3 N–H and O–H groups in total. The molecule has 11 heteroatoms. The molecule has 0 radical (unpaired) electrons. The summed E-state index contributed by atoms with van der Waals surface area (Å²) >= 11 is 17.4. The summed E-state index contributed by atoms with van der Waals surface area (Å²) < 4.78 is 9.44. The van der Waals surface area contributed by atoms with Gasteiger partial charge in [0.2, 0.25) is 0 Å². The highest BCUT2D eigenvalue weighted by atomic mass is 35.5. The number of methoxy groups -OCH3 is 1. The summed E-state index contributed by atoms with van der Waals surface area (Å²) in [5, 5.41) is 1.91. The van der Waals surface area contributed by atoms with E-state index in [4.69, 9.17) is 45.3 Å². The molecule has 1 amide bonds. The van der Waals surface area contributed by atoms with Crippen LogP contribution in [0.4, 0.5) is 11.4 Å². The van der Waals surface area contributed by atoms with E-state index in [1.807, 2.05) is 0 Å². The van der Waals surface area contributed by atoms with Crippen LogP contribution in [0.2, 0.25) is 15.2 Å². The van der Waals surface area contributed by atoms with Crippen molar-refractivity contribution in [2.24, 2.45) is 0 Å².